The fourth-order valence-corrected chi connectivity index (χ4v) is 1.51. The molecule has 106 valence electrons. The molecule has 0 spiro atoms. The number of likely N-dealkylation sites (N-methyl/N-ethyl adjacent to an activating group) is 1. The molecule has 0 aliphatic heterocycles. The highest BCUT2D eigenvalue weighted by atomic mass is 16.5. The summed E-state index contributed by atoms with van der Waals surface area (Å²) in [6, 6.07) is -1.17. The summed E-state index contributed by atoms with van der Waals surface area (Å²) in [4.78, 5) is 24.3. The number of carboxylic acids is 1. The number of urea groups is 1. The van der Waals surface area contributed by atoms with Gasteiger partial charge < -0.3 is 20.1 Å². The van der Waals surface area contributed by atoms with Crippen LogP contribution in [0, 0.1) is 0 Å². The monoisotopic (exact) mass is 260 g/mol. The van der Waals surface area contributed by atoms with Gasteiger partial charge in [-0.3, -0.25) is 0 Å². The van der Waals surface area contributed by atoms with Crippen molar-refractivity contribution >= 4 is 12.0 Å². The first kappa shape index (κ1) is 16.7. The van der Waals surface area contributed by atoms with Crippen molar-refractivity contribution in [2.75, 3.05) is 26.3 Å². The average molecular weight is 260 g/mol. The Morgan fingerprint density at radius 2 is 2.00 bits per heavy atom. The van der Waals surface area contributed by atoms with E-state index in [2.05, 4.69) is 5.32 Å². The van der Waals surface area contributed by atoms with E-state index in [9.17, 15) is 9.59 Å². The van der Waals surface area contributed by atoms with Crippen molar-refractivity contribution in [3.8, 4) is 0 Å². The zero-order valence-corrected chi connectivity index (χ0v) is 11.4. The van der Waals surface area contributed by atoms with Crippen LogP contribution >= 0.6 is 0 Å². The van der Waals surface area contributed by atoms with Crippen LogP contribution in [-0.4, -0.2) is 54.4 Å². The summed E-state index contributed by atoms with van der Waals surface area (Å²) in [5.74, 6) is -0.994. The number of ether oxygens (including phenoxy) is 1. The first-order valence-electron chi connectivity index (χ1n) is 6.42. The molecular weight excluding hydrogens is 236 g/mol. The van der Waals surface area contributed by atoms with Crippen molar-refractivity contribution in [1.29, 1.82) is 0 Å². The third-order valence-electron chi connectivity index (χ3n) is 2.55. The maximum absolute atomic E-state index is 11.9. The van der Waals surface area contributed by atoms with E-state index in [1.807, 2.05) is 20.8 Å². The van der Waals surface area contributed by atoms with E-state index in [-0.39, 0.29) is 6.03 Å². The molecular formula is C12H24N2O4. The van der Waals surface area contributed by atoms with Crippen molar-refractivity contribution in [2.24, 2.45) is 0 Å². The molecule has 1 unspecified atom stereocenters. The Balaban J connectivity index is 4.26. The summed E-state index contributed by atoms with van der Waals surface area (Å²) in [6.45, 7) is 7.68. The smallest absolute Gasteiger partial charge is 0.326 e. The van der Waals surface area contributed by atoms with Crippen LogP contribution in [0.25, 0.3) is 0 Å². The van der Waals surface area contributed by atoms with Gasteiger partial charge in [0.15, 0.2) is 0 Å². The van der Waals surface area contributed by atoms with Gasteiger partial charge in [-0.25, -0.2) is 9.59 Å². The molecule has 0 aromatic carbocycles. The number of aliphatic carboxylic acids is 1. The summed E-state index contributed by atoms with van der Waals surface area (Å²) in [6.07, 6.45) is 1.15. The van der Waals surface area contributed by atoms with Crippen LogP contribution in [0.1, 0.15) is 33.6 Å². The molecule has 2 amide bonds. The molecule has 6 heteroatoms. The molecule has 0 bridgehead atoms. The number of amides is 2. The first-order chi connectivity index (χ1) is 8.56. The highest BCUT2D eigenvalue weighted by molar-refractivity contribution is 5.82. The van der Waals surface area contributed by atoms with Crippen LogP contribution in [0.15, 0.2) is 0 Å². The fourth-order valence-electron chi connectivity index (χ4n) is 1.51. The van der Waals surface area contributed by atoms with Crippen molar-refractivity contribution in [2.45, 2.75) is 39.7 Å². The Morgan fingerprint density at radius 3 is 2.44 bits per heavy atom. The van der Waals surface area contributed by atoms with Crippen LogP contribution < -0.4 is 5.32 Å². The van der Waals surface area contributed by atoms with Gasteiger partial charge in [0, 0.05) is 19.7 Å². The molecule has 0 rings (SSSR count). The molecule has 2 N–H and O–H groups in total. The molecule has 0 aliphatic carbocycles. The number of carbonyl (C=O) groups excluding carboxylic acids is 1. The summed E-state index contributed by atoms with van der Waals surface area (Å²) in [5.41, 5.74) is 0. The summed E-state index contributed by atoms with van der Waals surface area (Å²) in [7, 11) is 0. The number of nitrogens with zero attached hydrogens (tertiary/aromatic N) is 1. The second-order valence-corrected chi connectivity index (χ2v) is 3.91. The number of hydrogen-bond donors (Lipinski definition) is 2. The maximum Gasteiger partial charge on any atom is 0.326 e. The van der Waals surface area contributed by atoms with Crippen LogP contribution in [-0.2, 0) is 9.53 Å². The minimum Gasteiger partial charge on any atom is -0.480 e. The average Bonchev–Trinajstić information content (AvgIpc) is 2.33. The molecule has 1 atom stereocenters. The van der Waals surface area contributed by atoms with Crippen LogP contribution in [0.3, 0.4) is 0 Å². The molecule has 0 saturated heterocycles. The lowest BCUT2D eigenvalue weighted by Gasteiger charge is -2.23. The third kappa shape index (κ3) is 6.44. The largest absolute Gasteiger partial charge is 0.480 e. The van der Waals surface area contributed by atoms with Gasteiger partial charge in [0.1, 0.15) is 6.04 Å². The predicted molar refractivity (Wildman–Crippen MR) is 68.6 cm³/mol. The van der Waals surface area contributed by atoms with Gasteiger partial charge in [0.05, 0.1) is 6.61 Å². The van der Waals surface area contributed by atoms with E-state index in [0.29, 0.717) is 39.1 Å². The topological polar surface area (TPSA) is 78.9 Å². The van der Waals surface area contributed by atoms with Crippen molar-refractivity contribution in [1.82, 2.24) is 10.2 Å². The summed E-state index contributed by atoms with van der Waals surface area (Å²) >= 11 is 0. The van der Waals surface area contributed by atoms with Gasteiger partial charge in [-0.1, -0.05) is 13.3 Å². The van der Waals surface area contributed by atoms with Crippen molar-refractivity contribution < 1.29 is 19.4 Å². The Bertz CT molecular complexity index is 258. The van der Waals surface area contributed by atoms with Gasteiger partial charge in [-0.05, 0) is 20.3 Å². The molecule has 0 aromatic rings. The Morgan fingerprint density at radius 1 is 1.33 bits per heavy atom. The molecule has 0 heterocycles. The molecule has 0 aromatic heterocycles. The lowest BCUT2D eigenvalue weighted by atomic mass is 10.2. The maximum atomic E-state index is 11.9. The number of rotatable bonds is 9. The van der Waals surface area contributed by atoms with Crippen molar-refractivity contribution in [3.05, 3.63) is 0 Å². The SMILES string of the molecule is CCCC(NC(=O)N(CC)CCOCC)C(=O)O. The van der Waals surface area contributed by atoms with Gasteiger partial charge in [-0.15, -0.1) is 0 Å². The minimum atomic E-state index is -0.994. The third-order valence-corrected chi connectivity index (χ3v) is 2.55. The summed E-state index contributed by atoms with van der Waals surface area (Å²) < 4.78 is 5.18. The molecule has 0 aliphatic rings. The van der Waals surface area contributed by atoms with E-state index in [0.717, 1.165) is 0 Å². The van der Waals surface area contributed by atoms with Gasteiger partial charge in [-0.2, -0.15) is 0 Å². The van der Waals surface area contributed by atoms with Gasteiger partial charge in [0.25, 0.3) is 0 Å². The second-order valence-electron chi connectivity index (χ2n) is 3.91. The number of carboxylic acid groups (broad SMARTS) is 1. The van der Waals surface area contributed by atoms with E-state index in [1.165, 1.54) is 0 Å². The highest BCUT2D eigenvalue weighted by Gasteiger charge is 2.21. The predicted octanol–water partition coefficient (Wildman–Crippen LogP) is 1.31. The second kappa shape index (κ2) is 9.70. The Hall–Kier alpha value is -1.30. The minimum absolute atomic E-state index is 0.349. The molecule has 18 heavy (non-hydrogen) atoms. The first-order valence-corrected chi connectivity index (χ1v) is 6.42. The number of hydrogen-bond acceptors (Lipinski definition) is 3. The molecule has 0 radical (unpaired) electrons. The molecule has 0 fully saturated rings. The molecule has 0 saturated carbocycles. The Labute approximate surface area is 108 Å². The van der Waals surface area contributed by atoms with Gasteiger partial charge >= 0.3 is 12.0 Å². The summed E-state index contributed by atoms with van der Waals surface area (Å²) in [5, 5.41) is 11.5. The number of nitrogens with one attached hydrogen (secondary N) is 1. The quantitative estimate of drug-likeness (QED) is 0.613. The Kier molecular flexibility index (Phi) is 9.00. The van der Waals surface area contributed by atoms with E-state index >= 15 is 0 Å². The fraction of sp³-hybridized carbons (Fsp3) is 0.833. The number of carbonyl (C=O) groups is 2. The van der Waals surface area contributed by atoms with Gasteiger partial charge in [0.2, 0.25) is 0 Å². The van der Waals surface area contributed by atoms with E-state index < -0.39 is 12.0 Å². The lowest BCUT2D eigenvalue weighted by molar-refractivity contribution is -0.139. The molecule has 6 nitrogen and oxygen atoms in total. The van der Waals surface area contributed by atoms with Crippen LogP contribution in [0.5, 0.6) is 0 Å². The zero-order valence-electron chi connectivity index (χ0n) is 11.4. The normalized spacial score (nSPS) is 11.9. The van der Waals surface area contributed by atoms with E-state index in [4.69, 9.17) is 9.84 Å². The van der Waals surface area contributed by atoms with Crippen LogP contribution in [0.2, 0.25) is 0 Å². The zero-order chi connectivity index (χ0) is 14.0. The lowest BCUT2D eigenvalue weighted by Crippen LogP contribution is -2.48. The van der Waals surface area contributed by atoms with E-state index in [1.54, 1.807) is 4.90 Å². The van der Waals surface area contributed by atoms with Crippen molar-refractivity contribution in [3.63, 3.8) is 0 Å². The standard InChI is InChI=1S/C12H24N2O4/c1-4-7-10(11(15)16)13-12(17)14(5-2)8-9-18-6-3/h10H,4-9H2,1-3H3,(H,13,17)(H,15,16). The van der Waals surface area contributed by atoms with Crippen LogP contribution in [0.4, 0.5) is 4.79 Å². The highest BCUT2D eigenvalue weighted by Crippen LogP contribution is 1.99.